The SMILES string of the molecule is COCCOc1cccc(NC(=O)C2CCN(S(=O)(=O)c3ccc(C)c(C)c3)CC2)c1. The number of methoxy groups -OCH3 is 1. The van der Waals surface area contributed by atoms with Crippen molar-refractivity contribution in [1.82, 2.24) is 4.31 Å². The summed E-state index contributed by atoms with van der Waals surface area (Å²) < 4.78 is 38.0. The normalized spacial score (nSPS) is 15.6. The van der Waals surface area contributed by atoms with E-state index >= 15 is 0 Å². The van der Waals surface area contributed by atoms with Crippen molar-refractivity contribution in [3.63, 3.8) is 0 Å². The van der Waals surface area contributed by atoms with E-state index < -0.39 is 10.0 Å². The summed E-state index contributed by atoms with van der Waals surface area (Å²) in [5, 5.41) is 2.92. The van der Waals surface area contributed by atoms with Gasteiger partial charge in [0.1, 0.15) is 12.4 Å². The molecular weight excluding hydrogens is 416 g/mol. The maximum absolute atomic E-state index is 13.0. The Morgan fingerprint density at radius 3 is 2.48 bits per heavy atom. The van der Waals surface area contributed by atoms with Crippen LogP contribution >= 0.6 is 0 Å². The van der Waals surface area contributed by atoms with E-state index in [2.05, 4.69) is 5.32 Å². The number of nitrogens with one attached hydrogen (secondary N) is 1. The fraction of sp³-hybridized carbons (Fsp3) is 0.435. The largest absolute Gasteiger partial charge is 0.491 e. The molecule has 2 aromatic rings. The zero-order valence-electron chi connectivity index (χ0n) is 18.3. The predicted molar refractivity (Wildman–Crippen MR) is 120 cm³/mol. The molecule has 1 saturated heterocycles. The van der Waals surface area contributed by atoms with Crippen molar-refractivity contribution in [3.8, 4) is 5.75 Å². The molecule has 0 unspecified atom stereocenters. The molecule has 1 heterocycles. The summed E-state index contributed by atoms with van der Waals surface area (Å²) in [6.45, 7) is 5.43. The zero-order chi connectivity index (χ0) is 22.4. The molecule has 2 aromatic carbocycles. The van der Waals surface area contributed by atoms with E-state index in [0.29, 0.717) is 55.5 Å². The van der Waals surface area contributed by atoms with Crippen LogP contribution in [0.15, 0.2) is 47.4 Å². The molecule has 1 N–H and O–H groups in total. The minimum absolute atomic E-state index is 0.0998. The summed E-state index contributed by atoms with van der Waals surface area (Å²) in [5.74, 6) is 0.325. The molecule has 0 spiro atoms. The summed E-state index contributed by atoms with van der Waals surface area (Å²) >= 11 is 0. The Morgan fingerprint density at radius 2 is 1.81 bits per heavy atom. The van der Waals surface area contributed by atoms with Crippen LogP contribution in [0.2, 0.25) is 0 Å². The second kappa shape index (κ2) is 10.3. The molecule has 1 aliphatic heterocycles. The predicted octanol–water partition coefficient (Wildman–Crippen LogP) is 3.37. The Labute approximate surface area is 184 Å². The fourth-order valence-electron chi connectivity index (χ4n) is 3.53. The molecule has 0 atom stereocenters. The number of rotatable bonds is 8. The van der Waals surface area contributed by atoms with Gasteiger partial charge in [-0.3, -0.25) is 4.79 Å². The molecule has 0 saturated carbocycles. The first-order valence-electron chi connectivity index (χ1n) is 10.4. The lowest BCUT2D eigenvalue weighted by atomic mass is 9.97. The highest BCUT2D eigenvalue weighted by atomic mass is 32.2. The van der Waals surface area contributed by atoms with Crippen molar-refractivity contribution in [2.75, 3.05) is 38.7 Å². The maximum atomic E-state index is 13.0. The van der Waals surface area contributed by atoms with E-state index in [1.54, 1.807) is 31.4 Å². The van der Waals surface area contributed by atoms with Crippen LogP contribution in [-0.2, 0) is 19.6 Å². The van der Waals surface area contributed by atoms with Crippen LogP contribution in [0.4, 0.5) is 5.69 Å². The van der Waals surface area contributed by atoms with Crippen molar-refractivity contribution >= 4 is 21.6 Å². The molecule has 1 aliphatic rings. The molecule has 31 heavy (non-hydrogen) atoms. The van der Waals surface area contributed by atoms with Crippen LogP contribution in [-0.4, -0.2) is 52.0 Å². The van der Waals surface area contributed by atoms with E-state index in [-0.39, 0.29) is 11.8 Å². The quantitative estimate of drug-likeness (QED) is 0.629. The Bertz CT molecular complexity index is 1010. The number of carbonyl (C=O) groups is 1. The zero-order valence-corrected chi connectivity index (χ0v) is 19.1. The lowest BCUT2D eigenvalue weighted by Gasteiger charge is -2.30. The number of anilines is 1. The third-order valence-corrected chi connectivity index (χ3v) is 7.49. The van der Waals surface area contributed by atoms with Crippen molar-refractivity contribution < 1.29 is 22.7 Å². The highest BCUT2D eigenvalue weighted by Crippen LogP contribution is 2.26. The first-order valence-corrected chi connectivity index (χ1v) is 11.9. The highest BCUT2D eigenvalue weighted by Gasteiger charge is 2.32. The van der Waals surface area contributed by atoms with Crippen LogP contribution in [0, 0.1) is 19.8 Å². The van der Waals surface area contributed by atoms with Crippen molar-refractivity contribution in [3.05, 3.63) is 53.6 Å². The maximum Gasteiger partial charge on any atom is 0.243 e. The third kappa shape index (κ3) is 5.84. The molecule has 1 amide bonds. The summed E-state index contributed by atoms with van der Waals surface area (Å²) in [4.78, 5) is 13.0. The van der Waals surface area contributed by atoms with Gasteiger partial charge in [-0.1, -0.05) is 12.1 Å². The number of ether oxygens (including phenoxy) is 2. The number of amides is 1. The molecule has 1 fully saturated rings. The first-order chi connectivity index (χ1) is 14.8. The van der Waals surface area contributed by atoms with Gasteiger partial charge in [0.15, 0.2) is 0 Å². The Morgan fingerprint density at radius 1 is 1.06 bits per heavy atom. The van der Waals surface area contributed by atoms with Gasteiger partial charge in [0.2, 0.25) is 15.9 Å². The van der Waals surface area contributed by atoms with Gasteiger partial charge in [-0.2, -0.15) is 4.31 Å². The average molecular weight is 447 g/mol. The second-order valence-electron chi connectivity index (χ2n) is 7.78. The number of benzene rings is 2. The van der Waals surface area contributed by atoms with Gasteiger partial charge in [0, 0.05) is 37.9 Å². The molecule has 0 radical (unpaired) electrons. The molecule has 7 nitrogen and oxygen atoms in total. The van der Waals surface area contributed by atoms with Crippen LogP contribution in [0.1, 0.15) is 24.0 Å². The summed E-state index contributed by atoms with van der Waals surface area (Å²) in [7, 11) is -1.94. The monoisotopic (exact) mass is 446 g/mol. The van der Waals surface area contributed by atoms with Gasteiger partial charge < -0.3 is 14.8 Å². The van der Waals surface area contributed by atoms with Gasteiger partial charge in [-0.25, -0.2) is 8.42 Å². The molecule has 0 bridgehead atoms. The number of carbonyl (C=O) groups excluding carboxylic acids is 1. The smallest absolute Gasteiger partial charge is 0.243 e. The van der Waals surface area contributed by atoms with E-state index in [4.69, 9.17) is 9.47 Å². The van der Waals surface area contributed by atoms with Crippen LogP contribution in [0.5, 0.6) is 5.75 Å². The van der Waals surface area contributed by atoms with Crippen molar-refractivity contribution in [2.24, 2.45) is 5.92 Å². The lowest BCUT2D eigenvalue weighted by molar-refractivity contribution is -0.120. The molecular formula is C23H30N2O5S. The van der Waals surface area contributed by atoms with Gasteiger partial charge in [0.25, 0.3) is 0 Å². The molecule has 8 heteroatoms. The van der Waals surface area contributed by atoms with Crippen molar-refractivity contribution in [2.45, 2.75) is 31.6 Å². The second-order valence-corrected chi connectivity index (χ2v) is 9.72. The number of piperidine rings is 1. The fourth-order valence-corrected chi connectivity index (χ4v) is 5.09. The number of sulfonamides is 1. The first kappa shape index (κ1) is 23.2. The van der Waals surface area contributed by atoms with Gasteiger partial charge >= 0.3 is 0 Å². The summed E-state index contributed by atoms with van der Waals surface area (Å²) in [6, 6.07) is 12.4. The molecule has 0 aliphatic carbocycles. The lowest BCUT2D eigenvalue weighted by Crippen LogP contribution is -2.41. The molecule has 168 valence electrons. The summed E-state index contributed by atoms with van der Waals surface area (Å²) in [6.07, 6.45) is 0.972. The number of aryl methyl sites for hydroxylation is 2. The number of hydrogen-bond donors (Lipinski definition) is 1. The minimum Gasteiger partial charge on any atom is -0.491 e. The Kier molecular flexibility index (Phi) is 7.69. The van der Waals surface area contributed by atoms with E-state index in [1.165, 1.54) is 4.31 Å². The number of hydrogen-bond acceptors (Lipinski definition) is 5. The summed E-state index contributed by atoms with van der Waals surface area (Å²) in [5.41, 5.74) is 2.66. The van der Waals surface area contributed by atoms with E-state index in [9.17, 15) is 13.2 Å². The van der Waals surface area contributed by atoms with Crippen LogP contribution in [0.3, 0.4) is 0 Å². The average Bonchev–Trinajstić information content (AvgIpc) is 2.76. The van der Waals surface area contributed by atoms with Crippen molar-refractivity contribution in [1.29, 1.82) is 0 Å². The molecule has 3 rings (SSSR count). The van der Waals surface area contributed by atoms with E-state index in [1.807, 2.05) is 32.0 Å². The number of nitrogens with zero attached hydrogens (tertiary/aromatic N) is 1. The minimum atomic E-state index is -3.55. The Balaban J connectivity index is 1.57. The van der Waals surface area contributed by atoms with Crippen LogP contribution in [0.25, 0.3) is 0 Å². The third-order valence-electron chi connectivity index (χ3n) is 5.60. The Hall–Kier alpha value is -2.42. The molecule has 0 aromatic heterocycles. The van der Waals surface area contributed by atoms with Gasteiger partial charge in [0.05, 0.1) is 11.5 Å². The standard InChI is InChI=1S/C23H30N2O5S/c1-17-7-8-22(15-18(17)2)31(27,28)25-11-9-19(10-12-25)23(26)24-20-5-4-6-21(16-20)30-14-13-29-3/h4-8,15-16,19H,9-14H2,1-3H3,(H,24,26). The van der Waals surface area contributed by atoms with Crippen LogP contribution < -0.4 is 10.1 Å². The topological polar surface area (TPSA) is 84.9 Å². The van der Waals surface area contributed by atoms with Gasteiger partial charge in [-0.15, -0.1) is 0 Å². The highest BCUT2D eigenvalue weighted by molar-refractivity contribution is 7.89. The van der Waals surface area contributed by atoms with E-state index in [0.717, 1.165) is 11.1 Å². The van der Waals surface area contributed by atoms with Gasteiger partial charge in [-0.05, 0) is 62.1 Å².